The summed E-state index contributed by atoms with van der Waals surface area (Å²) < 4.78 is 50.6. The van der Waals surface area contributed by atoms with E-state index in [1.54, 1.807) is 56.3 Å². The summed E-state index contributed by atoms with van der Waals surface area (Å²) in [5, 5.41) is 2.82. The van der Waals surface area contributed by atoms with Gasteiger partial charge in [-0.15, -0.1) is 0 Å². The van der Waals surface area contributed by atoms with E-state index in [4.69, 9.17) is 13.9 Å². The third-order valence-electron chi connectivity index (χ3n) is 6.41. The first-order valence-corrected chi connectivity index (χ1v) is 16.0. The van der Waals surface area contributed by atoms with E-state index in [9.17, 15) is 17.8 Å². The molecular weight excluding hydrogens is 529 g/mol. The predicted octanol–water partition coefficient (Wildman–Crippen LogP) is 4.17. The molecule has 0 bridgehead atoms. The Kier molecular flexibility index (Phi) is 9.07. The van der Waals surface area contributed by atoms with Crippen molar-refractivity contribution in [3.05, 3.63) is 77.5 Å². The summed E-state index contributed by atoms with van der Waals surface area (Å²) in [7, 11) is -6.67. The van der Waals surface area contributed by atoms with Crippen molar-refractivity contribution in [3.63, 3.8) is 0 Å². The highest BCUT2D eigenvalue weighted by Crippen LogP contribution is 2.51. The van der Waals surface area contributed by atoms with Gasteiger partial charge in [-0.05, 0) is 56.0 Å². The van der Waals surface area contributed by atoms with Crippen molar-refractivity contribution < 1.29 is 31.7 Å². The average molecular weight is 564 g/mol. The van der Waals surface area contributed by atoms with Crippen molar-refractivity contribution >= 4 is 29.2 Å². The maximum Gasteiger partial charge on any atom is 0.335 e. The molecule has 2 heterocycles. The van der Waals surface area contributed by atoms with Gasteiger partial charge in [-0.3, -0.25) is 19.7 Å². The van der Waals surface area contributed by atoms with Gasteiger partial charge in [-0.25, -0.2) is 12.7 Å². The van der Waals surface area contributed by atoms with Crippen molar-refractivity contribution in [1.29, 1.82) is 0 Å². The number of anilines is 1. The van der Waals surface area contributed by atoms with Gasteiger partial charge in [0, 0.05) is 18.8 Å². The van der Waals surface area contributed by atoms with Crippen molar-refractivity contribution in [3.8, 4) is 0 Å². The van der Waals surface area contributed by atoms with Gasteiger partial charge in [0.05, 0.1) is 25.1 Å². The molecule has 1 spiro atoms. The molecule has 2 aromatic rings. The molecule has 10 nitrogen and oxygen atoms in total. The fourth-order valence-corrected chi connectivity index (χ4v) is 7.73. The first-order valence-electron chi connectivity index (χ1n) is 12.6. The quantitative estimate of drug-likeness (QED) is 0.391. The molecule has 2 N–H and O–H groups in total. The number of carbonyl (C=O) groups excluding carboxylic acids is 1. The number of carbonyl (C=O) groups is 1. The highest BCUT2D eigenvalue weighted by Gasteiger charge is 2.42. The van der Waals surface area contributed by atoms with E-state index in [2.05, 4.69) is 10.8 Å². The van der Waals surface area contributed by atoms with Crippen molar-refractivity contribution in [1.82, 2.24) is 9.79 Å². The molecule has 2 aliphatic heterocycles. The van der Waals surface area contributed by atoms with Gasteiger partial charge in [-0.2, -0.15) is 0 Å². The van der Waals surface area contributed by atoms with Crippen LogP contribution in [0.1, 0.15) is 37.8 Å². The molecule has 0 aliphatic carbocycles. The topological polar surface area (TPSA) is 123 Å². The van der Waals surface area contributed by atoms with Crippen LogP contribution in [0.3, 0.4) is 0 Å². The number of nitrogens with one attached hydrogen (secondary N) is 2. The smallest absolute Gasteiger partial charge is 0.321 e. The molecule has 0 saturated carbocycles. The van der Waals surface area contributed by atoms with Crippen LogP contribution in [-0.2, 0) is 45.2 Å². The summed E-state index contributed by atoms with van der Waals surface area (Å²) >= 11 is 0. The van der Waals surface area contributed by atoms with E-state index < -0.39 is 23.2 Å². The van der Waals surface area contributed by atoms with Gasteiger partial charge >= 0.3 is 7.60 Å². The molecule has 4 rings (SSSR count). The van der Waals surface area contributed by atoms with Crippen molar-refractivity contribution in [2.24, 2.45) is 0 Å². The van der Waals surface area contributed by atoms with Crippen LogP contribution >= 0.6 is 7.60 Å². The molecule has 1 saturated heterocycles. The molecule has 2 aromatic carbocycles. The fraction of sp³-hybridized carbons (Fsp3) is 0.423. The average Bonchev–Trinajstić information content (AvgIpc) is 3.29. The zero-order valence-electron chi connectivity index (χ0n) is 21.6. The Hall–Kier alpha value is -2.53. The standard InChI is InChI=1S/C26H34N3O7PS/c1-3-34-37(31,35-4-2)19-21-10-12-23(13-11-21)27-25(30)24-18-26(36-28-24)14-16-29(17-15-26)38(32,33)20-22-8-6-5-7-9-22/h5-13,18,28H,3-4,14-17,19-20H2,1-2H3,(H,27,30). The molecule has 38 heavy (non-hydrogen) atoms. The number of hydrogen-bond donors (Lipinski definition) is 2. The third-order valence-corrected chi connectivity index (χ3v) is 10.3. The molecule has 2 aliphatic rings. The first-order chi connectivity index (χ1) is 18.2. The lowest BCUT2D eigenvalue weighted by Gasteiger charge is -2.35. The Balaban J connectivity index is 1.32. The van der Waals surface area contributed by atoms with Crippen LogP contribution in [0.5, 0.6) is 0 Å². The van der Waals surface area contributed by atoms with E-state index in [0.29, 0.717) is 44.8 Å². The van der Waals surface area contributed by atoms with Crippen molar-refractivity contribution in [2.45, 2.75) is 44.2 Å². The van der Waals surface area contributed by atoms with Gasteiger partial charge in [0.1, 0.15) is 11.3 Å². The molecule has 206 valence electrons. The number of amides is 1. The molecule has 12 heteroatoms. The van der Waals surface area contributed by atoms with Crippen molar-refractivity contribution in [2.75, 3.05) is 31.6 Å². The van der Waals surface area contributed by atoms with Gasteiger partial charge in [0.15, 0.2) is 0 Å². The summed E-state index contributed by atoms with van der Waals surface area (Å²) in [5.41, 5.74) is 4.32. The second kappa shape index (κ2) is 12.1. The SMILES string of the molecule is CCOP(=O)(Cc1ccc(NC(=O)C2=CC3(CCN(S(=O)(=O)Cc4ccccc4)CC3)ON2)cc1)OCC. The summed E-state index contributed by atoms with van der Waals surface area (Å²) in [5.74, 6) is -0.417. The van der Waals surface area contributed by atoms with E-state index in [1.807, 2.05) is 18.2 Å². The van der Waals surface area contributed by atoms with Gasteiger partial charge in [-0.1, -0.05) is 42.5 Å². The minimum absolute atomic E-state index is 0.0446. The lowest BCUT2D eigenvalue weighted by Crippen LogP contribution is -2.47. The monoisotopic (exact) mass is 563 g/mol. The zero-order valence-corrected chi connectivity index (χ0v) is 23.3. The highest BCUT2D eigenvalue weighted by atomic mass is 32.2. The van der Waals surface area contributed by atoms with E-state index in [0.717, 1.165) is 11.1 Å². The van der Waals surface area contributed by atoms with Crippen LogP contribution < -0.4 is 10.8 Å². The Morgan fingerprint density at radius 1 is 1.03 bits per heavy atom. The number of nitrogens with zero attached hydrogens (tertiary/aromatic N) is 1. The lowest BCUT2D eigenvalue weighted by atomic mass is 9.92. The molecule has 0 unspecified atom stereocenters. The number of piperidine rings is 1. The molecule has 1 amide bonds. The molecular formula is C26H34N3O7PS. The van der Waals surface area contributed by atoms with Crippen LogP contribution in [0.25, 0.3) is 0 Å². The Morgan fingerprint density at radius 3 is 2.26 bits per heavy atom. The minimum atomic E-state index is -3.45. The molecule has 0 radical (unpaired) electrons. The molecule has 0 aromatic heterocycles. The van der Waals surface area contributed by atoms with Crippen LogP contribution in [0, 0.1) is 0 Å². The maximum absolute atomic E-state index is 12.9. The molecule has 0 atom stereocenters. The van der Waals surface area contributed by atoms with Crippen LogP contribution in [0.4, 0.5) is 5.69 Å². The van der Waals surface area contributed by atoms with E-state index >= 15 is 0 Å². The van der Waals surface area contributed by atoms with Gasteiger partial charge < -0.3 is 14.4 Å². The van der Waals surface area contributed by atoms with Gasteiger partial charge in [0.2, 0.25) is 10.0 Å². The van der Waals surface area contributed by atoms with E-state index in [1.165, 1.54) is 4.31 Å². The number of hydrogen-bond acceptors (Lipinski definition) is 8. The number of hydroxylamine groups is 1. The first kappa shape index (κ1) is 28.5. The maximum atomic E-state index is 12.9. The Morgan fingerprint density at radius 2 is 1.66 bits per heavy atom. The number of sulfonamides is 1. The summed E-state index contributed by atoms with van der Waals surface area (Å²) in [6, 6.07) is 16.1. The van der Waals surface area contributed by atoms with Crippen LogP contribution in [0.2, 0.25) is 0 Å². The second-order valence-corrected chi connectivity index (χ2v) is 13.2. The lowest BCUT2D eigenvalue weighted by molar-refractivity contribution is -0.115. The zero-order chi connectivity index (χ0) is 27.2. The second-order valence-electron chi connectivity index (χ2n) is 9.22. The van der Waals surface area contributed by atoms with E-state index in [-0.39, 0.29) is 23.5 Å². The fourth-order valence-electron chi connectivity index (χ4n) is 4.49. The third kappa shape index (κ3) is 7.11. The number of benzene rings is 2. The summed E-state index contributed by atoms with van der Waals surface area (Å²) in [4.78, 5) is 18.6. The largest absolute Gasteiger partial charge is 0.335 e. The number of rotatable bonds is 11. The Labute approximate surface area is 223 Å². The summed E-state index contributed by atoms with van der Waals surface area (Å²) in [6.45, 7) is 4.72. The highest BCUT2D eigenvalue weighted by molar-refractivity contribution is 7.88. The minimum Gasteiger partial charge on any atom is -0.321 e. The molecule has 1 fully saturated rings. The van der Waals surface area contributed by atoms with Crippen LogP contribution in [-0.4, -0.2) is 50.5 Å². The predicted molar refractivity (Wildman–Crippen MR) is 145 cm³/mol. The Bertz CT molecular complexity index is 1280. The van der Waals surface area contributed by atoms with Crippen LogP contribution in [0.15, 0.2) is 66.4 Å². The normalized spacial score (nSPS) is 17.7. The van der Waals surface area contributed by atoms with Gasteiger partial charge in [0.25, 0.3) is 5.91 Å². The summed E-state index contributed by atoms with van der Waals surface area (Å²) in [6.07, 6.45) is 2.74.